The molecular formula is C9H10N2O4. The fourth-order valence-corrected chi connectivity index (χ4v) is 1.09. The van der Waals surface area contributed by atoms with Gasteiger partial charge in [0.2, 0.25) is 0 Å². The molecule has 1 rings (SSSR count). The number of primary amides is 1. The van der Waals surface area contributed by atoms with Crippen LogP contribution in [0.3, 0.4) is 0 Å². The van der Waals surface area contributed by atoms with Gasteiger partial charge in [-0.2, -0.15) is 0 Å². The monoisotopic (exact) mass is 210 g/mol. The Morgan fingerprint density at radius 3 is 2.53 bits per heavy atom. The normalized spacial score (nSPS) is 9.67. The molecule has 4 N–H and O–H groups in total. The van der Waals surface area contributed by atoms with Gasteiger partial charge in [-0.3, -0.25) is 4.90 Å². The summed E-state index contributed by atoms with van der Waals surface area (Å²) in [5.41, 5.74) is 5.25. The molecule has 15 heavy (non-hydrogen) atoms. The quantitative estimate of drug-likeness (QED) is 0.620. The van der Waals surface area contributed by atoms with E-state index in [2.05, 4.69) is 0 Å². The van der Waals surface area contributed by atoms with Crippen molar-refractivity contribution in [3.05, 3.63) is 29.8 Å². The van der Waals surface area contributed by atoms with Gasteiger partial charge >= 0.3 is 12.0 Å². The molecule has 0 aliphatic rings. The lowest BCUT2D eigenvalue weighted by Crippen LogP contribution is -2.36. The third-order valence-corrected chi connectivity index (χ3v) is 1.81. The Kier molecular flexibility index (Phi) is 3.25. The van der Waals surface area contributed by atoms with Crippen LogP contribution >= 0.6 is 0 Å². The molecule has 0 aliphatic carbocycles. The summed E-state index contributed by atoms with van der Waals surface area (Å²) in [7, 11) is 0. The maximum absolute atomic E-state index is 10.9. The van der Waals surface area contributed by atoms with Gasteiger partial charge in [0, 0.05) is 5.69 Å². The molecule has 80 valence electrons. The van der Waals surface area contributed by atoms with E-state index in [1.165, 1.54) is 24.3 Å². The number of carbonyl (C=O) groups excluding carboxylic acids is 1. The molecule has 6 nitrogen and oxygen atoms in total. The number of amides is 2. The van der Waals surface area contributed by atoms with Crippen LogP contribution in [0.5, 0.6) is 0 Å². The van der Waals surface area contributed by atoms with Gasteiger partial charge in [0.1, 0.15) is 6.73 Å². The molecular weight excluding hydrogens is 200 g/mol. The zero-order valence-electron chi connectivity index (χ0n) is 7.75. The van der Waals surface area contributed by atoms with Gasteiger partial charge in [-0.05, 0) is 18.2 Å². The van der Waals surface area contributed by atoms with Crippen LogP contribution in [0.15, 0.2) is 24.3 Å². The van der Waals surface area contributed by atoms with E-state index in [9.17, 15) is 9.59 Å². The summed E-state index contributed by atoms with van der Waals surface area (Å²) in [5.74, 6) is -1.11. The third kappa shape index (κ3) is 2.44. The Balaban J connectivity index is 3.08. The Morgan fingerprint density at radius 1 is 1.40 bits per heavy atom. The molecule has 0 unspecified atom stereocenters. The Morgan fingerprint density at radius 2 is 2.07 bits per heavy atom. The highest BCUT2D eigenvalue weighted by atomic mass is 16.4. The van der Waals surface area contributed by atoms with E-state index in [0.717, 1.165) is 4.90 Å². The standard InChI is InChI=1S/C9H10N2O4/c10-9(15)11(5-12)7-3-1-2-6(4-7)8(13)14/h1-4,12H,5H2,(H2,10,15)(H,13,14). The number of rotatable bonds is 3. The van der Waals surface area contributed by atoms with Crippen molar-refractivity contribution in [1.82, 2.24) is 0 Å². The molecule has 0 heterocycles. The molecule has 0 spiro atoms. The second-order valence-corrected chi connectivity index (χ2v) is 2.76. The van der Waals surface area contributed by atoms with Gasteiger partial charge in [-0.1, -0.05) is 6.07 Å². The smallest absolute Gasteiger partial charge is 0.335 e. The zero-order chi connectivity index (χ0) is 11.4. The predicted octanol–water partition coefficient (Wildman–Crippen LogP) is 0.220. The fraction of sp³-hybridized carbons (Fsp3) is 0.111. The van der Waals surface area contributed by atoms with Crippen molar-refractivity contribution in [3.63, 3.8) is 0 Å². The number of urea groups is 1. The molecule has 1 aromatic carbocycles. The number of aliphatic hydroxyl groups excluding tert-OH is 1. The van der Waals surface area contributed by atoms with Gasteiger partial charge in [-0.25, -0.2) is 9.59 Å². The van der Waals surface area contributed by atoms with Crippen LogP contribution < -0.4 is 10.6 Å². The molecule has 0 atom stereocenters. The van der Waals surface area contributed by atoms with Gasteiger partial charge in [0.15, 0.2) is 0 Å². The third-order valence-electron chi connectivity index (χ3n) is 1.81. The summed E-state index contributed by atoms with van der Waals surface area (Å²) in [4.78, 5) is 22.3. The van der Waals surface area contributed by atoms with Crippen molar-refractivity contribution in [2.24, 2.45) is 5.73 Å². The van der Waals surface area contributed by atoms with E-state index in [1.807, 2.05) is 0 Å². The van der Waals surface area contributed by atoms with Crippen LogP contribution in [-0.2, 0) is 0 Å². The number of benzene rings is 1. The largest absolute Gasteiger partial charge is 0.478 e. The summed E-state index contributed by atoms with van der Waals surface area (Å²) in [6.07, 6.45) is 0. The summed E-state index contributed by atoms with van der Waals surface area (Å²) < 4.78 is 0. The number of carbonyl (C=O) groups is 2. The van der Waals surface area contributed by atoms with Crippen molar-refractivity contribution in [3.8, 4) is 0 Å². The minimum atomic E-state index is -1.11. The Bertz CT molecular complexity index is 391. The molecule has 0 aliphatic heterocycles. The average molecular weight is 210 g/mol. The van der Waals surface area contributed by atoms with Gasteiger partial charge in [0.05, 0.1) is 5.56 Å². The number of nitrogens with zero attached hydrogens (tertiary/aromatic N) is 1. The first kappa shape index (κ1) is 11.0. The first-order valence-corrected chi connectivity index (χ1v) is 4.07. The average Bonchev–Trinajstić information content (AvgIpc) is 2.18. The van der Waals surface area contributed by atoms with Crippen LogP contribution in [0.4, 0.5) is 10.5 Å². The van der Waals surface area contributed by atoms with Crippen molar-refractivity contribution in [2.45, 2.75) is 0 Å². The van der Waals surface area contributed by atoms with Gasteiger partial charge in [0.25, 0.3) is 0 Å². The SMILES string of the molecule is NC(=O)N(CO)c1cccc(C(=O)O)c1. The van der Waals surface area contributed by atoms with Gasteiger partial charge in [-0.15, -0.1) is 0 Å². The number of nitrogens with two attached hydrogens (primary N) is 1. The highest BCUT2D eigenvalue weighted by Crippen LogP contribution is 2.15. The van der Waals surface area contributed by atoms with Crippen molar-refractivity contribution in [2.75, 3.05) is 11.6 Å². The minimum Gasteiger partial charge on any atom is -0.478 e. The highest BCUT2D eigenvalue weighted by molar-refractivity contribution is 5.93. The van der Waals surface area contributed by atoms with E-state index in [4.69, 9.17) is 15.9 Å². The number of carboxylic acids is 1. The molecule has 1 aromatic rings. The summed E-state index contributed by atoms with van der Waals surface area (Å²) in [6.45, 7) is -0.599. The van der Waals surface area contributed by atoms with Crippen molar-refractivity contribution < 1.29 is 19.8 Å². The van der Waals surface area contributed by atoms with Crippen LogP contribution in [-0.4, -0.2) is 28.9 Å². The van der Waals surface area contributed by atoms with E-state index in [1.54, 1.807) is 0 Å². The minimum absolute atomic E-state index is 0.0206. The Hall–Kier alpha value is -2.08. The van der Waals surface area contributed by atoms with Crippen molar-refractivity contribution in [1.29, 1.82) is 0 Å². The van der Waals surface area contributed by atoms with Crippen LogP contribution in [0, 0.1) is 0 Å². The lowest BCUT2D eigenvalue weighted by molar-refractivity contribution is 0.0697. The van der Waals surface area contributed by atoms with Crippen LogP contribution in [0.1, 0.15) is 10.4 Å². The second kappa shape index (κ2) is 4.43. The highest BCUT2D eigenvalue weighted by Gasteiger charge is 2.12. The van der Waals surface area contributed by atoms with Crippen molar-refractivity contribution >= 4 is 17.7 Å². The first-order valence-electron chi connectivity index (χ1n) is 4.07. The molecule has 2 amide bonds. The van der Waals surface area contributed by atoms with E-state index >= 15 is 0 Å². The maximum atomic E-state index is 10.9. The van der Waals surface area contributed by atoms with Crippen LogP contribution in [0.2, 0.25) is 0 Å². The number of aromatic carboxylic acids is 1. The molecule has 6 heteroatoms. The van der Waals surface area contributed by atoms with E-state index < -0.39 is 18.7 Å². The summed E-state index contributed by atoms with van der Waals surface area (Å²) in [6, 6.07) is 4.73. The van der Waals surface area contributed by atoms with E-state index in [-0.39, 0.29) is 11.3 Å². The summed E-state index contributed by atoms with van der Waals surface area (Å²) in [5, 5.41) is 17.6. The molecule has 0 fully saturated rings. The second-order valence-electron chi connectivity index (χ2n) is 2.76. The molecule has 0 saturated heterocycles. The topological polar surface area (TPSA) is 104 Å². The molecule has 0 aromatic heterocycles. The fourth-order valence-electron chi connectivity index (χ4n) is 1.09. The number of hydrogen-bond donors (Lipinski definition) is 3. The maximum Gasteiger partial charge on any atom is 0.335 e. The molecule has 0 radical (unpaired) electrons. The number of carboxylic acid groups (broad SMARTS) is 1. The number of anilines is 1. The van der Waals surface area contributed by atoms with Gasteiger partial charge < -0.3 is 15.9 Å². The first-order chi connectivity index (χ1) is 7.06. The van der Waals surface area contributed by atoms with Crippen LogP contribution in [0.25, 0.3) is 0 Å². The summed E-state index contributed by atoms with van der Waals surface area (Å²) >= 11 is 0. The molecule has 0 bridgehead atoms. The predicted molar refractivity (Wildman–Crippen MR) is 52.5 cm³/mol. The molecule has 0 saturated carbocycles. The zero-order valence-corrected chi connectivity index (χ0v) is 7.75. The lowest BCUT2D eigenvalue weighted by atomic mass is 10.2. The lowest BCUT2D eigenvalue weighted by Gasteiger charge is -2.17. The Labute approximate surface area is 85.5 Å². The number of aliphatic hydroxyl groups is 1. The number of hydrogen-bond acceptors (Lipinski definition) is 3. The van der Waals surface area contributed by atoms with E-state index in [0.29, 0.717) is 0 Å².